The Labute approximate surface area is 119 Å². The zero-order chi connectivity index (χ0) is 16.7. The molecule has 0 heterocycles. The maximum absolute atomic E-state index is 13.8. The number of benzene rings is 2. The van der Waals surface area contributed by atoms with Gasteiger partial charge in [-0.2, -0.15) is 13.2 Å². The molecule has 0 unspecified atom stereocenters. The third-order valence-corrected chi connectivity index (χ3v) is 2.81. The van der Waals surface area contributed by atoms with Crippen molar-refractivity contribution in [3.05, 3.63) is 70.3 Å². The Balaban J connectivity index is 2.77. The molecule has 2 aromatic rings. The largest absolute Gasteiger partial charge is 0.422 e. The van der Waals surface area contributed by atoms with Crippen LogP contribution < -0.4 is 0 Å². The summed E-state index contributed by atoms with van der Waals surface area (Å²) in [7, 11) is 0. The number of carbonyl (C=O) groups excluding carboxylic acids is 1. The molecular formula is C14H5F7O. The summed E-state index contributed by atoms with van der Waals surface area (Å²) in [6.45, 7) is 0. The molecule has 0 fully saturated rings. The van der Waals surface area contributed by atoms with Crippen LogP contribution in [0.25, 0.3) is 0 Å². The summed E-state index contributed by atoms with van der Waals surface area (Å²) in [4.78, 5) is 11.9. The van der Waals surface area contributed by atoms with Crippen molar-refractivity contribution in [1.29, 1.82) is 0 Å². The number of carbonyl (C=O) groups is 1. The molecule has 22 heavy (non-hydrogen) atoms. The molecule has 0 aliphatic carbocycles. The smallest absolute Gasteiger partial charge is 0.288 e. The molecule has 0 aromatic heterocycles. The van der Waals surface area contributed by atoms with Crippen LogP contribution in [0.4, 0.5) is 30.7 Å². The quantitative estimate of drug-likeness (QED) is 0.344. The Kier molecular flexibility index (Phi) is 3.95. The first-order valence-electron chi connectivity index (χ1n) is 5.69. The Morgan fingerprint density at radius 3 is 1.82 bits per heavy atom. The Morgan fingerprint density at radius 2 is 1.32 bits per heavy atom. The van der Waals surface area contributed by atoms with E-state index >= 15 is 0 Å². The van der Waals surface area contributed by atoms with E-state index in [1.807, 2.05) is 0 Å². The van der Waals surface area contributed by atoms with E-state index in [0.29, 0.717) is 0 Å². The average Bonchev–Trinajstić information content (AvgIpc) is 2.44. The number of rotatable bonds is 2. The molecule has 0 saturated carbocycles. The number of halogens is 7. The third-order valence-electron chi connectivity index (χ3n) is 2.81. The van der Waals surface area contributed by atoms with Gasteiger partial charge in [0.05, 0.1) is 5.56 Å². The lowest BCUT2D eigenvalue weighted by Gasteiger charge is -2.13. The highest BCUT2D eigenvalue weighted by Crippen LogP contribution is 2.37. The molecule has 116 valence electrons. The van der Waals surface area contributed by atoms with E-state index in [0.717, 1.165) is 12.1 Å². The molecule has 0 bridgehead atoms. The van der Waals surface area contributed by atoms with Crippen LogP contribution in [-0.2, 0) is 6.18 Å². The fourth-order valence-corrected chi connectivity index (χ4v) is 1.82. The van der Waals surface area contributed by atoms with Gasteiger partial charge in [-0.3, -0.25) is 4.79 Å². The van der Waals surface area contributed by atoms with Crippen LogP contribution in [0.2, 0.25) is 0 Å². The molecule has 2 rings (SSSR count). The minimum atomic E-state index is -5.63. The minimum Gasteiger partial charge on any atom is -0.288 e. The lowest BCUT2D eigenvalue weighted by Crippen LogP contribution is -2.20. The van der Waals surface area contributed by atoms with E-state index in [1.54, 1.807) is 0 Å². The monoisotopic (exact) mass is 322 g/mol. The highest BCUT2D eigenvalue weighted by molar-refractivity contribution is 6.09. The van der Waals surface area contributed by atoms with Gasteiger partial charge in [0, 0.05) is 5.56 Å². The molecule has 0 spiro atoms. The van der Waals surface area contributed by atoms with Gasteiger partial charge in [-0.1, -0.05) is 30.3 Å². The van der Waals surface area contributed by atoms with E-state index in [2.05, 4.69) is 0 Å². The van der Waals surface area contributed by atoms with E-state index in [1.165, 1.54) is 18.2 Å². The summed E-state index contributed by atoms with van der Waals surface area (Å²) in [5.41, 5.74) is -4.82. The fourth-order valence-electron chi connectivity index (χ4n) is 1.82. The third kappa shape index (κ3) is 2.56. The second-order valence-corrected chi connectivity index (χ2v) is 4.20. The van der Waals surface area contributed by atoms with Crippen molar-refractivity contribution >= 4 is 5.78 Å². The van der Waals surface area contributed by atoms with E-state index < -0.39 is 46.4 Å². The van der Waals surface area contributed by atoms with Crippen LogP contribution in [0.3, 0.4) is 0 Å². The highest BCUT2D eigenvalue weighted by Gasteiger charge is 2.43. The standard InChI is InChI=1S/C14H5F7O/c15-9-7(13(22)6-4-2-1-3-5-6)10(16)12(18)11(17)8(9)14(19,20)21/h1-5H. The van der Waals surface area contributed by atoms with Crippen molar-refractivity contribution < 1.29 is 35.5 Å². The van der Waals surface area contributed by atoms with Crippen LogP contribution in [0.1, 0.15) is 21.5 Å². The molecule has 0 aliphatic rings. The molecule has 0 N–H and O–H groups in total. The van der Waals surface area contributed by atoms with Gasteiger partial charge >= 0.3 is 6.18 Å². The molecule has 0 radical (unpaired) electrons. The molecule has 0 atom stereocenters. The Morgan fingerprint density at radius 1 is 0.773 bits per heavy atom. The second-order valence-electron chi connectivity index (χ2n) is 4.20. The summed E-state index contributed by atoms with van der Waals surface area (Å²) >= 11 is 0. The maximum atomic E-state index is 13.8. The van der Waals surface area contributed by atoms with Crippen LogP contribution in [0.5, 0.6) is 0 Å². The van der Waals surface area contributed by atoms with Gasteiger partial charge in [-0.05, 0) is 0 Å². The molecule has 0 saturated heterocycles. The highest BCUT2D eigenvalue weighted by atomic mass is 19.4. The van der Waals surface area contributed by atoms with E-state index in [-0.39, 0.29) is 5.56 Å². The molecule has 8 heteroatoms. The first-order valence-corrected chi connectivity index (χ1v) is 5.69. The SMILES string of the molecule is O=C(c1ccccc1)c1c(F)c(F)c(F)c(C(F)(F)F)c1F. The molecule has 0 aliphatic heterocycles. The van der Waals surface area contributed by atoms with Crippen molar-refractivity contribution in [3.8, 4) is 0 Å². The van der Waals surface area contributed by atoms with Crippen LogP contribution in [0.15, 0.2) is 30.3 Å². The summed E-state index contributed by atoms with van der Waals surface area (Å²) in [5, 5.41) is 0. The van der Waals surface area contributed by atoms with Gasteiger partial charge < -0.3 is 0 Å². The zero-order valence-corrected chi connectivity index (χ0v) is 10.4. The lowest BCUT2D eigenvalue weighted by atomic mass is 9.98. The first-order chi connectivity index (χ1) is 10.2. The zero-order valence-electron chi connectivity index (χ0n) is 10.4. The van der Waals surface area contributed by atoms with Gasteiger partial charge in [-0.15, -0.1) is 0 Å². The number of alkyl halides is 3. The Hall–Kier alpha value is -2.38. The fraction of sp³-hybridized carbons (Fsp3) is 0.0714. The van der Waals surface area contributed by atoms with Gasteiger partial charge in [0.1, 0.15) is 5.56 Å². The lowest BCUT2D eigenvalue weighted by molar-refractivity contribution is -0.142. The van der Waals surface area contributed by atoms with Crippen molar-refractivity contribution in [1.82, 2.24) is 0 Å². The number of hydrogen-bond donors (Lipinski definition) is 0. The summed E-state index contributed by atoms with van der Waals surface area (Å²) in [6, 6.07) is 6.14. The van der Waals surface area contributed by atoms with Crippen LogP contribution in [0, 0.1) is 23.3 Å². The van der Waals surface area contributed by atoms with Crippen molar-refractivity contribution in [2.24, 2.45) is 0 Å². The summed E-state index contributed by atoms with van der Waals surface area (Å²) in [6.07, 6.45) is -5.63. The number of ketones is 1. The van der Waals surface area contributed by atoms with E-state index in [9.17, 15) is 35.5 Å². The molecule has 0 amide bonds. The topological polar surface area (TPSA) is 17.1 Å². The van der Waals surface area contributed by atoms with Crippen molar-refractivity contribution in [3.63, 3.8) is 0 Å². The minimum absolute atomic E-state index is 0.376. The molecular weight excluding hydrogens is 317 g/mol. The van der Waals surface area contributed by atoms with Crippen LogP contribution in [-0.4, -0.2) is 5.78 Å². The summed E-state index contributed by atoms with van der Waals surface area (Å²) < 4.78 is 91.6. The predicted molar refractivity (Wildman–Crippen MR) is 61.2 cm³/mol. The predicted octanol–water partition coefficient (Wildman–Crippen LogP) is 4.49. The van der Waals surface area contributed by atoms with Gasteiger partial charge in [0.25, 0.3) is 0 Å². The van der Waals surface area contributed by atoms with Gasteiger partial charge in [-0.25, -0.2) is 17.6 Å². The van der Waals surface area contributed by atoms with Gasteiger partial charge in [0.2, 0.25) is 0 Å². The first kappa shape index (κ1) is 16.0. The average molecular weight is 322 g/mol. The van der Waals surface area contributed by atoms with Crippen molar-refractivity contribution in [2.75, 3.05) is 0 Å². The second kappa shape index (κ2) is 5.43. The van der Waals surface area contributed by atoms with E-state index in [4.69, 9.17) is 0 Å². The van der Waals surface area contributed by atoms with Gasteiger partial charge in [0.15, 0.2) is 29.1 Å². The normalized spacial score (nSPS) is 11.6. The molecule has 1 nitrogen and oxygen atoms in total. The maximum Gasteiger partial charge on any atom is 0.422 e. The summed E-state index contributed by atoms with van der Waals surface area (Å²) in [5.74, 6) is -11.6. The van der Waals surface area contributed by atoms with Crippen molar-refractivity contribution in [2.45, 2.75) is 6.18 Å². The number of hydrogen-bond acceptors (Lipinski definition) is 1. The van der Waals surface area contributed by atoms with Crippen LogP contribution >= 0.6 is 0 Å². The molecule has 2 aromatic carbocycles. The Bertz CT molecular complexity index is 735.